The molecule has 1 N–H and O–H groups in total. The maximum atomic E-state index is 13.0. The van der Waals surface area contributed by atoms with E-state index in [4.69, 9.17) is 9.47 Å². The third-order valence-electron chi connectivity index (χ3n) is 5.21. The minimum Gasteiger partial charge on any atom is -0.507 e. The maximum absolute atomic E-state index is 13.0. The fourth-order valence-electron chi connectivity index (χ4n) is 3.68. The lowest BCUT2D eigenvalue weighted by atomic mass is 9.95. The Balaban J connectivity index is 2.06. The molecule has 0 radical (unpaired) electrons. The summed E-state index contributed by atoms with van der Waals surface area (Å²) in [5.74, 6) is 0.208. The van der Waals surface area contributed by atoms with Crippen molar-refractivity contribution in [2.45, 2.75) is 33.2 Å². The van der Waals surface area contributed by atoms with Gasteiger partial charge in [0.25, 0.3) is 11.7 Å². The zero-order valence-electron chi connectivity index (χ0n) is 18.7. The number of likely N-dealkylation sites (tertiary alicyclic amines) is 1. The van der Waals surface area contributed by atoms with Crippen molar-refractivity contribution in [2.24, 2.45) is 5.92 Å². The topological polar surface area (TPSA) is 76.1 Å². The number of aliphatic hydroxyl groups excluding tert-OH is 1. The second-order valence-corrected chi connectivity index (χ2v) is 8.97. The number of halogens is 1. The summed E-state index contributed by atoms with van der Waals surface area (Å²) in [5.41, 5.74) is 1.24. The number of rotatable bonds is 8. The number of amides is 1. The molecule has 32 heavy (non-hydrogen) atoms. The zero-order valence-corrected chi connectivity index (χ0v) is 20.3. The first-order chi connectivity index (χ1) is 15.3. The molecule has 1 amide bonds. The summed E-state index contributed by atoms with van der Waals surface area (Å²) in [4.78, 5) is 27.3. The van der Waals surface area contributed by atoms with Crippen LogP contribution in [0.1, 0.15) is 44.4 Å². The van der Waals surface area contributed by atoms with Crippen LogP contribution in [0.4, 0.5) is 0 Å². The van der Waals surface area contributed by atoms with Crippen LogP contribution in [0, 0.1) is 5.92 Å². The smallest absolute Gasteiger partial charge is 0.295 e. The Morgan fingerprint density at radius 1 is 1.16 bits per heavy atom. The minimum atomic E-state index is -0.687. The molecule has 1 unspecified atom stereocenters. The van der Waals surface area contributed by atoms with E-state index >= 15 is 0 Å². The van der Waals surface area contributed by atoms with Crippen LogP contribution in [-0.2, 0) is 9.59 Å². The average molecular weight is 502 g/mol. The highest BCUT2D eigenvalue weighted by Gasteiger charge is 2.45. The number of carbonyl (C=O) groups is 2. The van der Waals surface area contributed by atoms with Crippen LogP contribution in [-0.4, -0.2) is 42.0 Å². The molecule has 0 bridgehead atoms. The first-order valence-corrected chi connectivity index (χ1v) is 11.4. The van der Waals surface area contributed by atoms with E-state index in [1.807, 2.05) is 31.2 Å². The van der Waals surface area contributed by atoms with Crippen LogP contribution in [0.25, 0.3) is 5.76 Å². The number of ether oxygens (including phenoxy) is 2. The van der Waals surface area contributed by atoms with Crippen LogP contribution < -0.4 is 9.47 Å². The molecule has 3 rings (SSSR count). The first kappa shape index (κ1) is 23.9. The summed E-state index contributed by atoms with van der Waals surface area (Å²) in [7, 11) is 1.55. The largest absolute Gasteiger partial charge is 0.507 e. The molecule has 6 nitrogen and oxygen atoms in total. The van der Waals surface area contributed by atoms with Crippen LogP contribution in [0.15, 0.2) is 52.5 Å². The number of methoxy groups -OCH3 is 1. The van der Waals surface area contributed by atoms with E-state index in [2.05, 4.69) is 29.8 Å². The normalized spacial score (nSPS) is 17.8. The van der Waals surface area contributed by atoms with Crippen molar-refractivity contribution in [2.75, 3.05) is 20.3 Å². The third-order valence-corrected chi connectivity index (χ3v) is 5.83. The molecular formula is C25H28BrNO5. The van der Waals surface area contributed by atoms with Gasteiger partial charge in [0, 0.05) is 12.1 Å². The molecule has 1 heterocycles. The Kier molecular flexibility index (Phi) is 7.61. The lowest BCUT2D eigenvalue weighted by Crippen LogP contribution is -2.30. The maximum Gasteiger partial charge on any atom is 0.295 e. The van der Waals surface area contributed by atoms with Gasteiger partial charge in [0.2, 0.25) is 0 Å². The molecule has 7 heteroatoms. The van der Waals surface area contributed by atoms with E-state index in [0.717, 1.165) is 5.56 Å². The molecule has 0 saturated carbocycles. The molecular weight excluding hydrogens is 474 g/mol. The van der Waals surface area contributed by atoms with Gasteiger partial charge in [-0.3, -0.25) is 9.59 Å². The van der Waals surface area contributed by atoms with Crippen LogP contribution in [0.3, 0.4) is 0 Å². The van der Waals surface area contributed by atoms with Crippen molar-refractivity contribution in [3.63, 3.8) is 0 Å². The Labute approximate surface area is 197 Å². The quantitative estimate of drug-likeness (QED) is 0.300. The van der Waals surface area contributed by atoms with E-state index in [1.54, 1.807) is 25.3 Å². The highest BCUT2D eigenvalue weighted by Crippen LogP contribution is 2.40. The number of carbonyl (C=O) groups excluding carboxylic acids is 2. The van der Waals surface area contributed by atoms with Gasteiger partial charge in [-0.25, -0.2) is 0 Å². The van der Waals surface area contributed by atoms with Gasteiger partial charge in [0.1, 0.15) is 17.3 Å². The molecule has 2 aromatic rings. The molecule has 0 aliphatic carbocycles. The Bertz CT molecular complexity index is 1030. The van der Waals surface area contributed by atoms with E-state index in [9.17, 15) is 14.7 Å². The number of hydrogen-bond donors (Lipinski definition) is 1. The zero-order chi connectivity index (χ0) is 23.4. The molecule has 0 spiro atoms. The average Bonchev–Trinajstić information content (AvgIpc) is 3.02. The van der Waals surface area contributed by atoms with Gasteiger partial charge >= 0.3 is 0 Å². The van der Waals surface area contributed by atoms with Crippen LogP contribution >= 0.6 is 15.9 Å². The second kappa shape index (κ2) is 10.2. The summed E-state index contributed by atoms with van der Waals surface area (Å²) in [6.45, 7) is 7.10. The van der Waals surface area contributed by atoms with E-state index in [0.29, 0.717) is 47.0 Å². The molecule has 170 valence electrons. The van der Waals surface area contributed by atoms with Gasteiger partial charge in [0.15, 0.2) is 0 Å². The first-order valence-electron chi connectivity index (χ1n) is 10.6. The number of nitrogens with zero attached hydrogens (tertiary/aromatic N) is 1. The number of ketones is 1. The molecule has 1 saturated heterocycles. The Morgan fingerprint density at radius 2 is 1.84 bits per heavy atom. The predicted molar refractivity (Wildman–Crippen MR) is 127 cm³/mol. The van der Waals surface area contributed by atoms with E-state index in [1.165, 1.54) is 4.90 Å². The van der Waals surface area contributed by atoms with Crippen molar-refractivity contribution >= 4 is 33.4 Å². The number of benzene rings is 2. The Morgan fingerprint density at radius 3 is 2.41 bits per heavy atom. The summed E-state index contributed by atoms with van der Waals surface area (Å²) in [5, 5.41) is 11.1. The van der Waals surface area contributed by atoms with Crippen molar-refractivity contribution in [3.8, 4) is 11.5 Å². The van der Waals surface area contributed by atoms with Crippen molar-refractivity contribution in [1.82, 2.24) is 4.90 Å². The number of Topliss-reactive ketones (excluding diaryl/α,β-unsaturated/α-hetero) is 1. The number of aliphatic hydroxyl groups is 1. The van der Waals surface area contributed by atoms with Gasteiger partial charge in [0.05, 0.1) is 29.8 Å². The van der Waals surface area contributed by atoms with E-state index < -0.39 is 17.7 Å². The molecule has 1 aliphatic heterocycles. The molecule has 1 aliphatic rings. The van der Waals surface area contributed by atoms with Crippen molar-refractivity contribution in [3.05, 3.63) is 63.6 Å². The monoisotopic (exact) mass is 501 g/mol. The van der Waals surface area contributed by atoms with Gasteiger partial charge in [-0.15, -0.1) is 0 Å². The lowest BCUT2D eigenvalue weighted by Gasteiger charge is -2.25. The molecule has 1 fully saturated rings. The Hall–Kier alpha value is -2.80. The number of hydrogen-bond acceptors (Lipinski definition) is 5. The fraction of sp³-hybridized carbons (Fsp3) is 0.360. The van der Waals surface area contributed by atoms with Gasteiger partial charge < -0.3 is 19.5 Å². The van der Waals surface area contributed by atoms with Gasteiger partial charge in [-0.05, 0) is 64.2 Å². The summed E-state index contributed by atoms with van der Waals surface area (Å²) < 4.78 is 11.6. The SMILES string of the molecule is CCCN1C(=O)C(=O)/C(=C(\O)c2ccc(OC)c(Br)c2)C1c1ccc(OCC(C)C)cc1. The third kappa shape index (κ3) is 4.83. The van der Waals surface area contributed by atoms with Crippen molar-refractivity contribution in [1.29, 1.82) is 0 Å². The van der Waals surface area contributed by atoms with Crippen LogP contribution in [0.5, 0.6) is 11.5 Å². The van der Waals surface area contributed by atoms with E-state index in [-0.39, 0.29) is 11.3 Å². The second-order valence-electron chi connectivity index (χ2n) is 8.12. The molecule has 0 aromatic heterocycles. The molecule has 2 aromatic carbocycles. The van der Waals surface area contributed by atoms with Gasteiger partial charge in [-0.2, -0.15) is 0 Å². The highest BCUT2D eigenvalue weighted by atomic mass is 79.9. The minimum absolute atomic E-state index is 0.0800. The summed E-state index contributed by atoms with van der Waals surface area (Å²) in [6, 6.07) is 11.7. The summed E-state index contributed by atoms with van der Waals surface area (Å²) >= 11 is 3.41. The summed E-state index contributed by atoms with van der Waals surface area (Å²) in [6.07, 6.45) is 0.688. The highest BCUT2D eigenvalue weighted by molar-refractivity contribution is 9.10. The fourth-order valence-corrected chi connectivity index (χ4v) is 4.22. The standard InChI is InChI=1S/C25H28BrNO5/c1-5-12-27-22(16-6-9-18(10-7-16)32-14-15(2)3)21(24(29)25(27)30)23(28)17-8-11-20(31-4)19(26)13-17/h6-11,13,15,22,28H,5,12,14H2,1-4H3/b23-21-. The van der Waals surface area contributed by atoms with Gasteiger partial charge in [-0.1, -0.05) is 32.9 Å². The van der Waals surface area contributed by atoms with Crippen molar-refractivity contribution < 1.29 is 24.2 Å². The predicted octanol–water partition coefficient (Wildman–Crippen LogP) is 5.32. The van der Waals surface area contributed by atoms with Crippen LogP contribution in [0.2, 0.25) is 0 Å². The lowest BCUT2D eigenvalue weighted by molar-refractivity contribution is -0.139. The molecule has 1 atom stereocenters.